The van der Waals surface area contributed by atoms with Gasteiger partial charge in [-0.25, -0.2) is 13.8 Å². The van der Waals surface area contributed by atoms with Crippen molar-refractivity contribution in [3.05, 3.63) is 89.0 Å². The second-order valence-corrected chi connectivity index (χ2v) is 12.0. The van der Waals surface area contributed by atoms with Gasteiger partial charge in [0.05, 0.1) is 16.8 Å². The van der Waals surface area contributed by atoms with Gasteiger partial charge in [0.1, 0.15) is 12.3 Å². The van der Waals surface area contributed by atoms with Crippen LogP contribution in [0.15, 0.2) is 76.7 Å². The summed E-state index contributed by atoms with van der Waals surface area (Å²) in [4.78, 5) is 27.1. The van der Waals surface area contributed by atoms with Crippen molar-refractivity contribution in [2.75, 3.05) is 30.5 Å². The van der Waals surface area contributed by atoms with Crippen LogP contribution in [0.3, 0.4) is 0 Å². The third-order valence-corrected chi connectivity index (χ3v) is 8.87. The molecule has 216 valence electrons. The lowest BCUT2D eigenvalue weighted by atomic mass is 10.1. The van der Waals surface area contributed by atoms with Gasteiger partial charge in [0.25, 0.3) is 21.8 Å². The van der Waals surface area contributed by atoms with Crippen LogP contribution in [-0.4, -0.2) is 57.6 Å². The topological polar surface area (TPSA) is 108 Å². The minimum Gasteiger partial charge on any atom is -0.484 e. The molecule has 0 bridgehead atoms. The molecule has 1 saturated heterocycles. The van der Waals surface area contributed by atoms with Crippen LogP contribution in [0, 0.1) is 20.8 Å². The number of sulfonamides is 1. The number of anilines is 1. The number of nitrogens with one attached hydrogen (secondary N) is 1. The molecule has 0 aliphatic carbocycles. The number of hydrogen-bond acceptors (Lipinski definition) is 6. The average molecular weight is 577 g/mol. The number of amides is 2. The molecule has 0 unspecified atom stereocenters. The van der Waals surface area contributed by atoms with E-state index in [1.165, 1.54) is 18.3 Å². The Labute approximate surface area is 241 Å². The number of ether oxygens (including phenoxy) is 1. The van der Waals surface area contributed by atoms with Crippen molar-refractivity contribution in [1.82, 2.24) is 10.3 Å². The molecule has 1 N–H and O–H groups in total. The van der Waals surface area contributed by atoms with Gasteiger partial charge in [0.2, 0.25) is 0 Å². The lowest BCUT2D eigenvalue weighted by molar-refractivity contribution is -0.134. The van der Waals surface area contributed by atoms with E-state index in [9.17, 15) is 18.0 Å². The molecular formula is C31H36N4O5S. The van der Waals surface area contributed by atoms with E-state index in [0.29, 0.717) is 17.0 Å². The first-order valence-electron chi connectivity index (χ1n) is 13.6. The average Bonchev–Trinajstić information content (AvgIpc) is 2.97. The second kappa shape index (κ2) is 13.5. The SMILES string of the molecule is Cc1ccc(S(=O)(=O)N(CC(=O)N/N=C\c2ccc(OCC(=O)N3CCCCC3)cc2)c2cccc(C)c2C)cc1. The van der Waals surface area contributed by atoms with E-state index in [1.807, 2.05) is 31.7 Å². The minimum absolute atomic E-state index is 0.00803. The minimum atomic E-state index is -4.03. The van der Waals surface area contributed by atoms with Gasteiger partial charge in [0, 0.05) is 13.1 Å². The standard InChI is InChI=1S/C31H36N4O5S/c1-23-10-16-28(17-11-23)41(38,39)35(29-9-7-8-24(2)25(29)3)21-30(36)33-32-20-26-12-14-27(15-13-26)40-22-31(37)34-18-5-4-6-19-34/h7-17,20H,4-6,18-19,21-22H2,1-3H3,(H,33,36)/b32-20-. The fourth-order valence-corrected chi connectivity index (χ4v) is 6.00. The Balaban J connectivity index is 1.39. The summed E-state index contributed by atoms with van der Waals surface area (Å²) in [6.07, 6.45) is 4.67. The molecule has 41 heavy (non-hydrogen) atoms. The number of nitrogens with zero attached hydrogens (tertiary/aromatic N) is 3. The van der Waals surface area contributed by atoms with Crippen molar-refractivity contribution < 1.29 is 22.7 Å². The van der Waals surface area contributed by atoms with Crippen LogP contribution >= 0.6 is 0 Å². The van der Waals surface area contributed by atoms with Gasteiger partial charge in [-0.3, -0.25) is 13.9 Å². The van der Waals surface area contributed by atoms with Crippen molar-refractivity contribution in [2.45, 2.75) is 44.9 Å². The first-order valence-corrected chi connectivity index (χ1v) is 15.1. The fraction of sp³-hybridized carbons (Fsp3) is 0.323. The zero-order chi connectivity index (χ0) is 29.4. The molecule has 0 aromatic heterocycles. The highest BCUT2D eigenvalue weighted by Crippen LogP contribution is 2.28. The third-order valence-electron chi connectivity index (χ3n) is 7.09. The van der Waals surface area contributed by atoms with Crippen molar-refractivity contribution in [3.8, 4) is 5.75 Å². The molecule has 1 aliphatic rings. The zero-order valence-electron chi connectivity index (χ0n) is 23.7. The highest BCUT2D eigenvalue weighted by Gasteiger charge is 2.28. The molecule has 0 atom stereocenters. The molecule has 4 rings (SSSR count). The van der Waals surface area contributed by atoms with Gasteiger partial charge in [-0.2, -0.15) is 5.10 Å². The van der Waals surface area contributed by atoms with E-state index in [1.54, 1.807) is 48.5 Å². The van der Waals surface area contributed by atoms with Crippen LogP contribution in [-0.2, 0) is 19.6 Å². The number of aryl methyl sites for hydroxylation is 2. The summed E-state index contributed by atoms with van der Waals surface area (Å²) in [5.74, 6) is -0.0478. The summed E-state index contributed by atoms with van der Waals surface area (Å²) >= 11 is 0. The Kier molecular flexibility index (Phi) is 9.78. The predicted octanol–water partition coefficient (Wildman–Crippen LogP) is 4.35. The Morgan fingerprint density at radius 3 is 2.32 bits per heavy atom. The first kappa shape index (κ1) is 29.8. The number of hydrazone groups is 1. The lowest BCUT2D eigenvalue weighted by Gasteiger charge is -2.26. The first-order chi connectivity index (χ1) is 19.6. The molecule has 10 heteroatoms. The van der Waals surface area contributed by atoms with E-state index < -0.39 is 22.5 Å². The summed E-state index contributed by atoms with van der Waals surface area (Å²) in [7, 11) is -4.03. The van der Waals surface area contributed by atoms with Gasteiger partial charge in [0.15, 0.2) is 6.61 Å². The maximum absolute atomic E-state index is 13.6. The van der Waals surface area contributed by atoms with Crippen LogP contribution in [0.4, 0.5) is 5.69 Å². The van der Waals surface area contributed by atoms with Gasteiger partial charge in [-0.05, 0) is 99.2 Å². The summed E-state index contributed by atoms with van der Waals surface area (Å²) in [5.41, 5.74) is 6.16. The molecule has 0 saturated carbocycles. The Morgan fingerprint density at radius 2 is 1.63 bits per heavy atom. The maximum atomic E-state index is 13.6. The quantitative estimate of drug-likeness (QED) is 0.285. The molecule has 0 radical (unpaired) electrons. The molecule has 3 aromatic carbocycles. The van der Waals surface area contributed by atoms with Crippen LogP contribution in [0.1, 0.15) is 41.5 Å². The van der Waals surface area contributed by atoms with Gasteiger partial charge < -0.3 is 9.64 Å². The number of likely N-dealkylation sites (tertiary alicyclic amines) is 1. The van der Waals surface area contributed by atoms with E-state index in [2.05, 4.69) is 10.5 Å². The molecule has 1 fully saturated rings. The summed E-state index contributed by atoms with van der Waals surface area (Å²) in [6, 6.07) is 18.8. The van der Waals surface area contributed by atoms with Crippen LogP contribution in [0.5, 0.6) is 5.75 Å². The van der Waals surface area contributed by atoms with E-state index in [4.69, 9.17) is 4.74 Å². The number of carbonyl (C=O) groups is 2. The summed E-state index contributed by atoms with van der Waals surface area (Å²) < 4.78 is 34.0. The van der Waals surface area contributed by atoms with Crippen molar-refractivity contribution in [2.24, 2.45) is 5.10 Å². The van der Waals surface area contributed by atoms with Crippen LogP contribution < -0.4 is 14.5 Å². The molecule has 3 aromatic rings. The van der Waals surface area contributed by atoms with Crippen molar-refractivity contribution in [1.29, 1.82) is 0 Å². The van der Waals surface area contributed by atoms with Crippen molar-refractivity contribution >= 4 is 33.7 Å². The smallest absolute Gasteiger partial charge is 0.264 e. The molecule has 1 aliphatic heterocycles. The largest absolute Gasteiger partial charge is 0.484 e. The number of piperidine rings is 1. The Morgan fingerprint density at radius 1 is 0.951 bits per heavy atom. The highest BCUT2D eigenvalue weighted by atomic mass is 32.2. The maximum Gasteiger partial charge on any atom is 0.264 e. The molecule has 9 nitrogen and oxygen atoms in total. The number of benzene rings is 3. The lowest BCUT2D eigenvalue weighted by Crippen LogP contribution is -2.40. The van der Waals surface area contributed by atoms with Crippen molar-refractivity contribution in [3.63, 3.8) is 0 Å². The molecular weight excluding hydrogens is 540 g/mol. The summed E-state index contributed by atoms with van der Waals surface area (Å²) in [5, 5.41) is 4.01. The second-order valence-electron chi connectivity index (χ2n) is 10.1. The van der Waals surface area contributed by atoms with Gasteiger partial charge >= 0.3 is 0 Å². The number of rotatable bonds is 10. The summed E-state index contributed by atoms with van der Waals surface area (Å²) in [6.45, 7) is 6.70. The third kappa shape index (κ3) is 7.73. The Hall–Kier alpha value is -4.18. The normalized spacial score (nSPS) is 13.7. The van der Waals surface area contributed by atoms with Gasteiger partial charge in [-0.1, -0.05) is 29.8 Å². The highest BCUT2D eigenvalue weighted by molar-refractivity contribution is 7.92. The molecule has 0 spiro atoms. The fourth-order valence-electron chi connectivity index (χ4n) is 4.52. The Bertz CT molecular complexity index is 1500. The molecule has 2 amide bonds. The molecule has 1 heterocycles. The van der Waals surface area contributed by atoms with Crippen LogP contribution in [0.25, 0.3) is 0 Å². The van der Waals surface area contributed by atoms with E-state index >= 15 is 0 Å². The zero-order valence-corrected chi connectivity index (χ0v) is 24.5. The van der Waals surface area contributed by atoms with Crippen LogP contribution in [0.2, 0.25) is 0 Å². The number of carbonyl (C=O) groups excluding carboxylic acids is 2. The van der Waals surface area contributed by atoms with E-state index in [0.717, 1.165) is 53.3 Å². The van der Waals surface area contributed by atoms with Gasteiger partial charge in [-0.15, -0.1) is 0 Å². The number of hydrogen-bond donors (Lipinski definition) is 1. The van der Waals surface area contributed by atoms with E-state index in [-0.39, 0.29) is 17.4 Å². The predicted molar refractivity (Wildman–Crippen MR) is 160 cm³/mol. The monoisotopic (exact) mass is 576 g/mol.